The normalized spacial score (nSPS) is 15.0. The molecule has 0 saturated carbocycles. The summed E-state index contributed by atoms with van der Waals surface area (Å²) in [5, 5.41) is 6.08. The van der Waals surface area contributed by atoms with Gasteiger partial charge in [0.15, 0.2) is 0 Å². The van der Waals surface area contributed by atoms with Crippen molar-refractivity contribution >= 4 is 28.4 Å². The Balaban J connectivity index is 1.69. The number of nitrogens with zero attached hydrogens (tertiary/aromatic N) is 3. The summed E-state index contributed by atoms with van der Waals surface area (Å²) in [6.45, 7) is 1.72. The number of fused-ring (bicyclic) bond motifs is 1. The number of benzene rings is 2. The summed E-state index contributed by atoms with van der Waals surface area (Å²) < 4.78 is 1.84. The van der Waals surface area contributed by atoms with Gasteiger partial charge in [-0.1, -0.05) is 17.7 Å². The molecule has 1 fully saturated rings. The number of carbonyl (C=O) groups excluding carboxylic acids is 1. The summed E-state index contributed by atoms with van der Waals surface area (Å²) in [4.78, 5) is 14.6. The Labute approximate surface area is 145 Å². The van der Waals surface area contributed by atoms with Gasteiger partial charge in [-0.2, -0.15) is 5.10 Å². The van der Waals surface area contributed by atoms with E-state index in [0.29, 0.717) is 5.02 Å². The fourth-order valence-electron chi connectivity index (χ4n) is 3.26. The molecule has 0 radical (unpaired) electrons. The molecular formula is C19H18ClN3O. The zero-order valence-electron chi connectivity index (χ0n) is 13.3. The molecule has 3 aromatic rings. The van der Waals surface area contributed by atoms with Crippen LogP contribution in [0, 0.1) is 0 Å². The highest BCUT2D eigenvalue weighted by atomic mass is 35.5. The molecule has 2 heterocycles. The summed E-state index contributed by atoms with van der Waals surface area (Å²) in [6.07, 6.45) is 5.21. The van der Waals surface area contributed by atoms with Gasteiger partial charge in [-0.25, -0.2) is 4.68 Å². The van der Waals surface area contributed by atoms with Gasteiger partial charge in [0.1, 0.15) is 0 Å². The minimum absolute atomic E-state index is 0.118. The Morgan fingerprint density at radius 2 is 1.88 bits per heavy atom. The first-order chi connectivity index (χ1) is 11.7. The van der Waals surface area contributed by atoms with Crippen molar-refractivity contribution in [2.75, 3.05) is 13.1 Å². The van der Waals surface area contributed by atoms with E-state index in [4.69, 9.17) is 11.6 Å². The molecule has 0 aliphatic carbocycles. The van der Waals surface area contributed by atoms with E-state index in [0.717, 1.165) is 48.1 Å². The first-order valence-corrected chi connectivity index (χ1v) is 8.63. The molecule has 2 aromatic carbocycles. The van der Waals surface area contributed by atoms with E-state index >= 15 is 0 Å². The Morgan fingerprint density at radius 1 is 1.04 bits per heavy atom. The average Bonchev–Trinajstić information content (AvgIpc) is 3.05. The first-order valence-electron chi connectivity index (χ1n) is 8.25. The second kappa shape index (κ2) is 6.29. The van der Waals surface area contributed by atoms with Gasteiger partial charge >= 0.3 is 0 Å². The van der Waals surface area contributed by atoms with E-state index in [2.05, 4.69) is 5.10 Å². The Morgan fingerprint density at radius 3 is 2.67 bits per heavy atom. The number of piperidine rings is 1. The molecule has 1 amide bonds. The van der Waals surface area contributed by atoms with Crippen LogP contribution < -0.4 is 0 Å². The van der Waals surface area contributed by atoms with Gasteiger partial charge in [0.2, 0.25) is 0 Å². The lowest BCUT2D eigenvalue weighted by molar-refractivity contribution is 0.0724. The average molecular weight is 340 g/mol. The van der Waals surface area contributed by atoms with E-state index in [9.17, 15) is 4.79 Å². The number of rotatable bonds is 2. The molecule has 4 nitrogen and oxygen atoms in total. The molecule has 122 valence electrons. The fourth-order valence-corrected chi connectivity index (χ4v) is 3.44. The third-order valence-electron chi connectivity index (χ3n) is 4.51. The number of amides is 1. The molecule has 0 spiro atoms. The van der Waals surface area contributed by atoms with Crippen molar-refractivity contribution in [2.45, 2.75) is 19.3 Å². The topological polar surface area (TPSA) is 38.1 Å². The van der Waals surface area contributed by atoms with Gasteiger partial charge < -0.3 is 4.90 Å². The smallest absolute Gasteiger partial charge is 0.253 e. The van der Waals surface area contributed by atoms with Gasteiger partial charge in [-0.15, -0.1) is 0 Å². The molecule has 4 rings (SSSR count). The van der Waals surface area contributed by atoms with Crippen LogP contribution in [0.25, 0.3) is 16.6 Å². The maximum atomic E-state index is 12.6. The highest BCUT2D eigenvalue weighted by molar-refractivity contribution is 6.30. The van der Waals surface area contributed by atoms with Crippen molar-refractivity contribution in [1.82, 2.24) is 14.7 Å². The SMILES string of the molecule is O=C(c1ccc2c(cnn2-c2cccc(Cl)c2)c1)N1CCCCC1. The molecule has 0 unspecified atom stereocenters. The summed E-state index contributed by atoms with van der Waals surface area (Å²) in [6, 6.07) is 13.4. The van der Waals surface area contributed by atoms with Gasteiger partial charge in [-0.05, 0) is 55.7 Å². The zero-order valence-corrected chi connectivity index (χ0v) is 14.0. The second-order valence-corrected chi connectivity index (χ2v) is 6.60. The van der Waals surface area contributed by atoms with Crippen LogP contribution in [0.1, 0.15) is 29.6 Å². The maximum absolute atomic E-state index is 12.6. The zero-order chi connectivity index (χ0) is 16.5. The van der Waals surface area contributed by atoms with E-state index in [1.807, 2.05) is 52.0 Å². The lowest BCUT2D eigenvalue weighted by atomic mass is 10.1. The van der Waals surface area contributed by atoms with Crippen molar-refractivity contribution in [3.05, 3.63) is 59.2 Å². The predicted octanol–water partition coefficient (Wildman–Crippen LogP) is 4.31. The molecule has 1 aliphatic rings. The third kappa shape index (κ3) is 2.78. The Bertz CT molecular complexity index is 897. The molecule has 5 heteroatoms. The van der Waals surface area contributed by atoms with Crippen LogP contribution in [0.3, 0.4) is 0 Å². The monoisotopic (exact) mass is 339 g/mol. The minimum Gasteiger partial charge on any atom is -0.339 e. The minimum atomic E-state index is 0.118. The second-order valence-electron chi connectivity index (χ2n) is 6.16. The van der Waals surface area contributed by atoms with E-state index in [-0.39, 0.29) is 5.91 Å². The van der Waals surface area contributed by atoms with Crippen molar-refractivity contribution in [2.24, 2.45) is 0 Å². The summed E-state index contributed by atoms with van der Waals surface area (Å²) >= 11 is 6.07. The number of aromatic nitrogens is 2. The third-order valence-corrected chi connectivity index (χ3v) is 4.75. The standard InChI is InChI=1S/C19H18ClN3O/c20-16-5-4-6-17(12-16)23-18-8-7-14(11-15(18)13-21-23)19(24)22-9-2-1-3-10-22/h4-8,11-13H,1-3,9-10H2. The van der Waals surface area contributed by atoms with Crippen LogP contribution in [0.2, 0.25) is 5.02 Å². The Hall–Kier alpha value is -2.33. The number of hydrogen-bond acceptors (Lipinski definition) is 2. The molecule has 24 heavy (non-hydrogen) atoms. The predicted molar refractivity (Wildman–Crippen MR) is 95.8 cm³/mol. The molecular weight excluding hydrogens is 322 g/mol. The summed E-state index contributed by atoms with van der Waals surface area (Å²) in [7, 11) is 0. The lowest BCUT2D eigenvalue weighted by Gasteiger charge is -2.26. The highest BCUT2D eigenvalue weighted by Gasteiger charge is 2.19. The van der Waals surface area contributed by atoms with Gasteiger partial charge in [-0.3, -0.25) is 4.79 Å². The molecule has 1 aliphatic heterocycles. The quantitative estimate of drug-likeness (QED) is 0.698. The highest BCUT2D eigenvalue weighted by Crippen LogP contribution is 2.23. The van der Waals surface area contributed by atoms with E-state index in [1.165, 1.54) is 6.42 Å². The van der Waals surface area contributed by atoms with Crippen LogP contribution in [0.15, 0.2) is 48.7 Å². The van der Waals surface area contributed by atoms with Gasteiger partial charge in [0.05, 0.1) is 17.4 Å². The number of carbonyl (C=O) groups is 1. The maximum Gasteiger partial charge on any atom is 0.253 e. The first kappa shape index (κ1) is 15.2. The lowest BCUT2D eigenvalue weighted by Crippen LogP contribution is -2.35. The van der Waals surface area contributed by atoms with Gasteiger partial charge in [0, 0.05) is 29.1 Å². The van der Waals surface area contributed by atoms with Crippen molar-refractivity contribution in [3.63, 3.8) is 0 Å². The fraction of sp³-hybridized carbons (Fsp3) is 0.263. The summed E-state index contributed by atoms with van der Waals surface area (Å²) in [5.41, 5.74) is 2.61. The van der Waals surface area contributed by atoms with Crippen molar-refractivity contribution in [1.29, 1.82) is 0 Å². The molecule has 0 bridgehead atoms. The Kier molecular flexibility index (Phi) is 3.98. The van der Waals surface area contributed by atoms with E-state index < -0.39 is 0 Å². The number of hydrogen-bond donors (Lipinski definition) is 0. The van der Waals surface area contributed by atoms with Crippen LogP contribution in [0.4, 0.5) is 0 Å². The van der Waals surface area contributed by atoms with Crippen LogP contribution in [0.5, 0.6) is 0 Å². The van der Waals surface area contributed by atoms with Crippen molar-refractivity contribution < 1.29 is 4.79 Å². The molecule has 0 atom stereocenters. The van der Waals surface area contributed by atoms with Crippen LogP contribution >= 0.6 is 11.6 Å². The molecule has 1 aromatic heterocycles. The van der Waals surface area contributed by atoms with Gasteiger partial charge in [0.25, 0.3) is 5.91 Å². The van der Waals surface area contributed by atoms with Crippen LogP contribution in [-0.4, -0.2) is 33.7 Å². The van der Waals surface area contributed by atoms with Crippen LogP contribution in [-0.2, 0) is 0 Å². The number of likely N-dealkylation sites (tertiary alicyclic amines) is 1. The molecule has 1 saturated heterocycles. The molecule has 0 N–H and O–H groups in total. The van der Waals surface area contributed by atoms with E-state index in [1.54, 1.807) is 6.20 Å². The summed E-state index contributed by atoms with van der Waals surface area (Å²) in [5.74, 6) is 0.118. The largest absolute Gasteiger partial charge is 0.339 e. The van der Waals surface area contributed by atoms with Crippen molar-refractivity contribution in [3.8, 4) is 5.69 Å². The number of halogens is 1.